The smallest absolute Gasteiger partial charge is 0.437 e. The second-order valence-electron chi connectivity index (χ2n) is 11.7. The van der Waals surface area contributed by atoms with Crippen LogP contribution in [-0.4, -0.2) is 69.9 Å². The molecule has 0 aromatic carbocycles. The molecule has 0 bridgehead atoms. The lowest BCUT2D eigenvalue weighted by Crippen LogP contribution is -2.61. The molecule has 0 radical (unpaired) electrons. The average Bonchev–Trinajstić information content (AvgIpc) is 2.39. The molecule has 0 spiro atoms. The Kier molecular flexibility index (Phi) is 11.7. The monoisotopic (exact) mass is 527 g/mol. The summed E-state index contributed by atoms with van der Waals surface area (Å²) in [7, 11) is -12.4. The number of carbonyl (C=O) groups excluding carboxylic acids is 1. The molecule has 0 aromatic rings. The highest BCUT2D eigenvalue weighted by Gasteiger charge is 2.47. The Hall–Kier alpha value is 0.481. The van der Waals surface area contributed by atoms with Gasteiger partial charge in [-0.25, -0.2) is 9.79 Å². The lowest BCUT2D eigenvalue weighted by molar-refractivity contribution is 0.0714. The molecule has 0 rings (SSSR count). The molecule has 0 saturated heterocycles. The number of nitrogens with zero attached hydrogens (tertiary/aromatic N) is 1. The fraction of sp³-hybridized carbons (Fsp3) is 0.941. The van der Waals surface area contributed by atoms with Crippen molar-refractivity contribution in [2.24, 2.45) is 4.99 Å². The molecule has 13 heteroatoms. The molecule has 0 N–H and O–H groups in total. The predicted octanol–water partition coefficient (Wildman–Crippen LogP) is 4.37. The van der Waals surface area contributed by atoms with Crippen LogP contribution in [0.2, 0.25) is 78.6 Å². The zero-order chi connectivity index (χ0) is 24.0. The molecule has 30 heavy (non-hydrogen) atoms. The quantitative estimate of drug-likeness (QED) is 0.190. The lowest BCUT2D eigenvalue weighted by Gasteiger charge is -2.44. The standard InChI is InChI=1S/C17H45NO6Si6/c1-17(14-15-18-16-19,25(21-27(2,3)4)22-28(5,6)7)20-26(23-29(8,9)10)24-30(11,12)13/h25-26H,14-15H2,1-13H3. The van der Waals surface area contributed by atoms with Crippen LogP contribution in [-0.2, 0) is 25.7 Å². The summed E-state index contributed by atoms with van der Waals surface area (Å²) >= 11 is 0. The van der Waals surface area contributed by atoms with Gasteiger partial charge >= 0.3 is 18.8 Å². The highest BCUT2D eigenvalue weighted by atomic mass is 28.5. The minimum Gasteiger partial charge on any atom is -0.437 e. The van der Waals surface area contributed by atoms with Crippen molar-refractivity contribution in [3.63, 3.8) is 0 Å². The van der Waals surface area contributed by atoms with E-state index in [-0.39, 0.29) is 0 Å². The van der Waals surface area contributed by atoms with Gasteiger partial charge in [-0.15, -0.1) is 0 Å². The van der Waals surface area contributed by atoms with Gasteiger partial charge in [0.25, 0.3) is 0 Å². The van der Waals surface area contributed by atoms with E-state index in [1.807, 2.05) is 6.92 Å². The number of aliphatic imine (C=N–C) groups is 1. The molecule has 0 aliphatic rings. The molecule has 0 amide bonds. The average molecular weight is 528 g/mol. The normalized spacial score (nSPS) is 16.0. The van der Waals surface area contributed by atoms with Crippen LogP contribution in [0.1, 0.15) is 13.3 Å². The first-order valence-electron chi connectivity index (χ1n) is 10.6. The summed E-state index contributed by atoms with van der Waals surface area (Å²) in [6.45, 7) is 28.2. The summed E-state index contributed by atoms with van der Waals surface area (Å²) in [6.07, 6.45) is 2.15. The van der Waals surface area contributed by atoms with Crippen LogP contribution in [0.4, 0.5) is 0 Å². The van der Waals surface area contributed by atoms with Gasteiger partial charge in [0.2, 0.25) is 6.08 Å². The van der Waals surface area contributed by atoms with Crippen LogP contribution in [0, 0.1) is 0 Å². The lowest BCUT2D eigenvalue weighted by atomic mass is 10.3. The minimum atomic E-state index is -2.46. The number of isocyanates is 1. The topological polar surface area (TPSA) is 75.6 Å². The molecule has 0 aliphatic carbocycles. The molecule has 1 atom stereocenters. The number of hydrogen-bond donors (Lipinski definition) is 0. The summed E-state index contributed by atoms with van der Waals surface area (Å²) in [5.74, 6) is 0. The van der Waals surface area contributed by atoms with Crippen LogP contribution < -0.4 is 0 Å². The molecule has 1 unspecified atom stereocenters. The van der Waals surface area contributed by atoms with Crippen molar-refractivity contribution in [3.8, 4) is 0 Å². The van der Waals surface area contributed by atoms with Gasteiger partial charge in [-0.05, 0) is 91.9 Å². The molecule has 178 valence electrons. The Morgan fingerprint density at radius 2 is 1.10 bits per heavy atom. The number of rotatable bonds is 14. The maximum Gasteiger partial charge on any atom is 0.463 e. The molecule has 0 fully saturated rings. The Morgan fingerprint density at radius 1 is 0.733 bits per heavy atom. The third-order valence-corrected chi connectivity index (χ3v) is 20.5. The third-order valence-electron chi connectivity index (χ3n) is 3.47. The van der Waals surface area contributed by atoms with Gasteiger partial charge in [-0.1, -0.05) is 0 Å². The van der Waals surface area contributed by atoms with E-state index >= 15 is 0 Å². The summed E-state index contributed by atoms with van der Waals surface area (Å²) in [5, 5.41) is -0.711. The highest BCUT2D eigenvalue weighted by Crippen LogP contribution is 2.29. The molecule has 0 heterocycles. The molecule has 0 aromatic heterocycles. The van der Waals surface area contributed by atoms with Gasteiger partial charge in [-0.3, -0.25) is 0 Å². The van der Waals surface area contributed by atoms with Crippen LogP contribution in [0.15, 0.2) is 4.99 Å². The second kappa shape index (κ2) is 11.6. The first-order valence-corrected chi connectivity index (χ1v) is 27.2. The van der Waals surface area contributed by atoms with Crippen molar-refractivity contribution < 1.29 is 25.7 Å². The maximum absolute atomic E-state index is 10.7. The molecule has 0 aliphatic heterocycles. The van der Waals surface area contributed by atoms with Crippen LogP contribution in [0.25, 0.3) is 0 Å². The molecular formula is C17H45NO6Si6. The SMILES string of the molecule is CC(CCN=C=O)(O[SiH](O[Si](C)(C)C)O[Si](C)(C)C)[SiH](O[Si](C)(C)C)O[Si](C)(C)C. The summed E-state index contributed by atoms with van der Waals surface area (Å²) in [6, 6.07) is 0. The Morgan fingerprint density at radius 3 is 1.40 bits per heavy atom. The van der Waals surface area contributed by atoms with E-state index in [9.17, 15) is 4.79 Å². The van der Waals surface area contributed by atoms with E-state index in [1.165, 1.54) is 0 Å². The predicted molar refractivity (Wildman–Crippen MR) is 139 cm³/mol. The largest absolute Gasteiger partial charge is 0.463 e. The van der Waals surface area contributed by atoms with Crippen LogP contribution in [0.3, 0.4) is 0 Å². The van der Waals surface area contributed by atoms with Crippen molar-refractivity contribution >= 4 is 58.2 Å². The van der Waals surface area contributed by atoms with Crippen molar-refractivity contribution in [1.82, 2.24) is 0 Å². The van der Waals surface area contributed by atoms with Gasteiger partial charge in [0.1, 0.15) is 0 Å². The van der Waals surface area contributed by atoms with Crippen LogP contribution in [0.5, 0.6) is 0 Å². The fourth-order valence-corrected chi connectivity index (χ4v) is 17.4. The zero-order valence-electron chi connectivity index (χ0n) is 21.5. The van der Waals surface area contributed by atoms with E-state index in [4.69, 9.17) is 20.9 Å². The third kappa shape index (κ3) is 15.3. The van der Waals surface area contributed by atoms with Gasteiger partial charge in [0.15, 0.2) is 33.3 Å². The summed E-state index contributed by atoms with van der Waals surface area (Å²) in [4.78, 5) is 14.5. The van der Waals surface area contributed by atoms with E-state index in [0.29, 0.717) is 13.0 Å². The zero-order valence-corrected chi connectivity index (χ0v) is 27.8. The van der Waals surface area contributed by atoms with E-state index < -0.39 is 57.3 Å². The second-order valence-corrected chi connectivity index (χ2v) is 35.1. The van der Waals surface area contributed by atoms with Crippen molar-refractivity contribution in [2.75, 3.05) is 6.54 Å². The first-order chi connectivity index (χ1) is 13.2. The van der Waals surface area contributed by atoms with Gasteiger partial charge < -0.3 is 20.9 Å². The Labute approximate surface area is 192 Å². The summed E-state index contributed by atoms with van der Waals surface area (Å²) < 4.78 is 32.8. The molecular weight excluding hydrogens is 483 g/mol. The number of hydrogen-bond acceptors (Lipinski definition) is 7. The van der Waals surface area contributed by atoms with Gasteiger partial charge in [-0.2, -0.15) is 0 Å². The van der Waals surface area contributed by atoms with Gasteiger partial charge in [0.05, 0.1) is 11.8 Å². The van der Waals surface area contributed by atoms with E-state index in [0.717, 1.165) is 0 Å². The van der Waals surface area contributed by atoms with Crippen molar-refractivity contribution in [2.45, 2.75) is 97.1 Å². The Balaban J connectivity index is 6.11. The van der Waals surface area contributed by atoms with Crippen molar-refractivity contribution in [3.05, 3.63) is 0 Å². The van der Waals surface area contributed by atoms with Crippen molar-refractivity contribution in [1.29, 1.82) is 0 Å². The first kappa shape index (κ1) is 30.5. The Bertz CT molecular complexity index is 545. The molecule has 7 nitrogen and oxygen atoms in total. The summed E-state index contributed by atoms with van der Waals surface area (Å²) in [5.41, 5.74) is 0. The highest BCUT2D eigenvalue weighted by molar-refractivity contribution is 6.82. The minimum absolute atomic E-state index is 0.314. The van der Waals surface area contributed by atoms with Crippen LogP contribution >= 0.6 is 0 Å². The fourth-order valence-electron chi connectivity index (χ4n) is 2.34. The van der Waals surface area contributed by atoms with E-state index in [2.05, 4.69) is 83.6 Å². The van der Waals surface area contributed by atoms with E-state index in [1.54, 1.807) is 6.08 Å². The maximum atomic E-state index is 10.7. The molecule has 0 saturated carbocycles. The van der Waals surface area contributed by atoms with Gasteiger partial charge in [0, 0.05) is 0 Å².